The van der Waals surface area contributed by atoms with E-state index in [4.69, 9.17) is 5.11 Å². The van der Waals surface area contributed by atoms with Crippen LogP contribution < -0.4 is 0 Å². The van der Waals surface area contributed by atoms with Gasteiger partial charge < -0.3 is 10.0 Å². The van der Waals surface area contributed by atoms with E-state index < -0.39 is 36.4 Å². The fourth-order valence-electron chi connectivity index (χ4n) is 2.35. The number of amides is 1. The van der Waals surface area contributed by atoms with Crippen molar-refractivity contribution in [2.24, 2.45) is 11.8 Å². The van der Waals surface area contributed by atoms with Crippen molar-refractivity contribution in [2.45, 2.75) is 32.4 Å². The largest absolute Gasteiger partial charge is 0.481 e. The van der Waals surface area contributed by atoms with E-state index in [9.17, 15) is 22.8 Å². The number of carboxylic acid groups (broad SMARTS) is 1. The number of hydrogen-bond donors (Lipinski definition) is 1. The second-order valence-corrected chi connectivity index (χ2v) is 4.45. The van der Waals surface area contributed by atoms with Crippen LogP contribution in [0.4, 0.5) is 13.2 Å². The zero-order chi connectivity index (χ0) is 13.9. The summed E-state index contributed by atoms with van der Waals surface area (Å²) in [5, 5.41) is 8.93. The number of carbonyl (C=O) groups excluding carboxylic acids is 1. The first kappa shape index (κ1) is 14.8. The average Bonchev–Trinajstić information content (AvgIpc) is 2.72. The van der Waals surface area contributed by atoms with E-state index in [-0.39, 0.29) is 6.54 Å². The van der Waals surface area contributed by atoms with Crippen LogP contribution in [0.3, 0.4) is 0 Å². The number of nitrogens with zero attached hydrogens (tertiary/aromatic N) is 1. The highest BCUT2D eigenvalue weighted by Gasteiger charge is 2.41. The maximum Gasteiger partial charge on any atom is 0.406 e. The standard InChI is InChI=1S/C11H16F3NO3/c1-2-15(6-11(12,13)14)9(16)7-4-3-5-8(7)10(17)18/h7-8H,2-6H2,1H3,(H,17,18). The first-order valence-electron chi connectivity index (χ1n) is 5.84. The van der Waals surface area contributed by atoms with Gasteiger partial charge in [0, 0.05) is 6.54 Å². The summed E-state index contributed by atoms with van der Waals surface area (Å²) in [6, 6.07) is 0. The van der Waals surface area contributed by atoms with Gasteiger partial charge in [0.15, 0.2) is 0 Å². The molecule has 18 heavy (non-hydrogen) atoms. The zero-order valence-electron chi connectivity index (χ0n) is 10.0. The molecule has 0 saturated heterocycles. The predicted molar refractivity (Wildman–Crippen MR) is 56.8 cm³/mol. The Hall–Kier alpha value is -1.27. The third-order valence-corrected chi connectivity index (χ3v) is 3.21. The summed E-state index contributed by atoms with van der Waals surface area (Å²) in [5.41, 5.74) is 0. The Bertz CT molecular complexity index is 330. The molecule has 0 aromatic heterocycles. The quantitative estimate of drug-likeness (QED) is 0.846. The Morgan fingerprint density at radius 2 is 1.83 bits per heavy atom. The monoisotopic (exact) mass is 267 g/mol. The summed E-state index contributed by atoms with van der Waals surface area (Å²) >= 11 is 0. The fraction of sp³-hybridized carbons (Fsp3) is 0.818. The van der Waals surface area contributed by atoms with Crippen molar-refractivity contribution in [1.29, 1.82) is 0 Å². The minimum Gasteiger partial charge on any atom is -0.481 e. The lowest BCUT2D eigenvalue weighted by Gasteiger charge is -2.26. The number of halogens is 3. The molecule has 4 nitrogen and oxygen atoms in total. The van der Waals surface area contributed by atoms with Gasteiger partial charge in [-0.05, 0) is 19.8 Å². The normalized spacial score (nSPS) is 24.0. The molecule has 0 radical (unpaired) electrons. The summed E-state index contributed by atoms with van der Waals surface area (Å²) in [5.74, 6) is -3.46. The van der Waals surface area contributed by atoms with Crippen LogP contribution in [0.15, 0.2) is 0 Å². The van der Waals surface area contributed by atoms with E-state index in [1.165, 1.54) is 6.92 Å². The molecule has 0 spiro atoms. The van der Waals surface area contributed by atoms with Gasteiger partial charge in [0.2, 0.25) is 5.91 Å². The van der Waals surface area contributed by atoms with Gasteiger partial charge in [0.05, 0.1) is 11.8 Å². The van der Waals surface area contributed by atoms with Crippen LogP contribution in [0.1, 0.15) is 26.2 Å². The van der Waals surface area contributed by atoms with Crippen LogP contribution in [0, 0.1) is 11.8 Å². The molecule has 1 saturated carbocycles. The zero-order valence-corrected chi connectivity index (χ0v) is 10.0. The minimum absolute atomic E-state index is 0.0683. The molecular formula is C11H16F3NO3. The first-order valence-corrected chi connectivity index (χ1v) is 5.84. The van der Waals surface area contributed by atoms with Gasteiger partial charge in [-0.2, -0.15) is 13.2 Å². The average molecular weight is 267 g/mol. The van der Waals surface area contributed by atoms with E-state index in [1.54, 1.807) is 0 Å². The minimum atomic E-state index is -4.46. The molecule has 0 heterocycles. The molecule has 7 heteroatoms. The van der Waals surface area contributed by atoms with E-state index >= 15 is 0 Å². The van der Waals surface area contributed by atoms with E-state index in [1.807, 2.05) is 0 Å². The summed E-state index contributed by atoms with van der Waals surface area (Å²) in [4.78, 5) is 23.5. The lowest BCUT2D eigenvalue weighted by atomic mass is 9.94. The maximum absolute atomic E-state index is 12.3. The van der Waals surface area contributed by atoms with Crippen molar-refractivity contribution in [1.82, 2.24) is 4.90 Å². The molecule has 0 aromatic rings. The molecule has 104 valence electrons. The van der Waals surface area contributed by atoms with E-state index in [0.29, 0.717) is 24.2 Å². The first-order chi connectivity index (χ1) is 8.26. The lowest BCUT2D eigenvalue weighted by molar-refractivity contribution is -0.165. The lowest BCUT2D eigenvalue weighted by Crippen LogP contribution is -2.43. The SMILES string of the molecule is CCN(CC(F)(F)F)C(=O)C1CCCC1C(=O)O. The summed E-state index contributed by atoms with van der Waals surface area (Å²) in [6.45, 7) is 0.0702. The van der Waals surface area contributed by atoms with Gasteiger partial charge >= 0.3 is 12.1 Å². The van der Waals surface area contributed by atoms with Crippen LogP contribution in [-0.2, 0) is 9.59 Å². The second kappa shape index (κ2) is 5.58. The van der Waals surface area contributed by atoms with E-state index in [2.05, 4.69) is 0 Å². The molecule has 1 rings (SSSR count). The molecule has 0 bridgehead atoms. The molecule has 0 aromatic carbocycles. The van der Waals surface area contributed by atoms with Crippen molar-refractivity contribution in [2.75, 3.05) is 13.1 Å². The molecule has 1 aliphatic carbocycles. The van der Waals surface area contributed by atoms with Gasteiger partial charge in [0.25, 0.3) is 0 Å². The Morgan fingerprint density at radius 3 is 2.28 bits per heavy atom. The van der Waals surface area contributed by atoms with Gasteiger partial charge in [-0.3, -0.25) is 9.59 Å². The van der Waals surface area contributed by atoms with Crippen molar-refractivity contribution >= 4 is 11.9 Å². The van der Waals surface area contributed by atoms with Crippen LogP contribution in [0.25, 0.3) is 0 Å². The number of carbonyl (C=O) groups is 2. The van der Waals surface area contributed by atoms with Crippen LogP contribution in [-0.4, -0.2) is 41.1 Å². The maximum atomic E-state index is 12.3. The van der Waals surface area contributed by atoms with Gasteiger partial charge in [-0.25, -0.2) is 0 Å². The topological polar surface area (TPSA) is 57.6 Å². The molecule has 1 N–H and O–H groups in total. The third-order valence-electron chi connectivity index (χ3n) is 3.21. The second-order valence-electron chi connectivity index (χ2n) is 4.45. The number of hydrogen-bond acceptors (Lipinski definition) is 2. The van der Waals surface area contributed by atoms with E-state index in [0.717, 1.165) is 0 Å². The van der Waals surface area contributed by atoms with Gasteiger partial charge in [-0.15, -0.1) is 0 Å². The predicted octanol–water partition coefficient (Wildman–Crippen LogP) is 1.90. The van der Waals surface area contributed by atoms with Crippen molar-refractivity contribution < 1.29 is 27.9 Å². The number of alkyl halides is 3. The molecule has 1 amide bonds. The molecular weight excluding hydrogens is 251 g/mol. The summed E-state index contributed by atoms with van der Waals surface area (Å²) in [7, 11) is 0. The highest BCUT2D eigenvalue weighted by atomic mass is 19.4. The molecule has 2 atom stereocenters. The van der Waals surface area contributed by atoms with Crippen LogP contribution >= 0.6 is 0 Å². The highest BCUT2D eigenvalue weighted by molar-refractivity contribution is 5.85. The molecule has 1 aliphatic rings. The third kappa shape index (κ3) is 3.61. The van der Waals surface area contributed by atoms with Crippen LogP contribution in [0.5, 0.6) is 0 Å². The van der Waals surface area contributed by atoms with Crippen molar-refractivity contribution in [3.8, 4) is 0 Å². The van der Waals surface area contributed by atoms with Crippen LogP contribution in [0.2, 0.25) is 0 Å². The number of aliphatic carboxylic acids is 1. The molecule has 0 aliphatic heterocycles. The van der Waals surface area contributed by atoms with Gasteiger partial charge in [0.1, 0.15) is 6.54 Å². The Kier molecular flexibility index (Phi) is 4.59. The summed E-state index contributed by atoms with van der Waals surface area (Å²) in [6.07, 6.45) is -3.18. The smallest absolute Gasteiger partial charge is 0.406 e. The Balaban J connectivity index is 2.74. The van der Waals surface area contributed by atoms with Gasteiger partial charge in [-0.1, -0.05) is 6.42 Å². The molecule has 2 unspecified atom stereocenters. The summed E-state index contributed by atoms with van der Waals surface area (Å²) < 4.78 is 36.9. The Labute approximate surface area is 103 Å². The molecule has 1 fully saturated rings. The highest BCUT2D eigenvalue weighted by Crippen LogP contribution is 2.34. The van der Waals surface area contributed by atoms with Crippen molar-refractivity contribution in [3.63, 3.8) is 0 Å². The Morgan fingerprint density at radius 1 is 1.28 bits per heavy atom. The number of rotatable bonds is 4. The fourth-order valence-corrected chi connectivity index (χ4v) is 2.35. The number of carboxylic acids is 1. The van der Waals surface area contributed by atoms with Crippen molar-refractivity contribution in [3.05, 3.63) is 0 Å².